The Kier molecular flexibility index (Phi) is 5.66. The third-order valence-electron chi connectivity index (χ3n) is 5.31. The van der Waals surface area contributed by atoms with Crippen LogP contribution in [0.3, 0.4) is 0 Å². The number of carbonyl (C=O) groups excluding carboxylic acids is 2. The molecular weight excluding hydrogens is 334 g/mol. The van der Waals surface area contributed by atoms with Crippen LogP contribution in [0, 0.1) is 5.92 Å². The second kappa shape index (κ2) is 7.95. The molecule has 7 heteroatoms. The Bertz CT molecular complexity index is 660. The van der Waals surface area contributed by atoms with E-state index in [1.54, 1.807) is 7.11 Å². The average Bonchev–Trinajstić information content (AvgIpc) is 2.90. The summed E-state index contributed by atoms with van der Waals surface area (Å²) in [5.41, 5.74) is -0.789. The van der Waals surface area contributed by atoms with E-state index in [1.165, 1.54) is 4.90 Å². The summed E-state index contributed by atoms with van der Waals surface area (Å²) in [6.07, 6.45) is 2.36. The maximum absolute atomic E-state index is 12.9. The van der Waals surface area contributed by atoms with Gasteiger partial charge >= 0.3 is 6.03 Å². The number of carbonyl (C=O) groups is 2. The third kappa shape index (κ3) is 3.62. The number of amides is 3. The molecule has 0 spiro atoms. The second-order valence-electron chi connectivity index (χ2n) is 6.97. The fraction of sp³-hybridized carbons (Fsp3) is 0.579. The molecule has 1 unspecified atom stereocenters. The summed E-state index contributed by atoms with van der Waals surface area (Å²) in [6.45, 7) is 4.38. The minimum atomic E-state index is -0.789. The van der Waals surface area contributed by atoms with Crippen LogP contribution in [0.5, 0.6) is 11.5 Å². The van der Waals surface area contributed by atoms with Crippen molar-refractivity contribution in [2.24, 2.45) is 5.92 Å². The zero-order valence-electron chi connectivity index (χ0n) is 15.4. The molecule has 1 atom stereocenters. The number of nitrogens with zero attached hydrogens (tertiary/aromatic N) is 1. The zero-order valence-corrected chi connectivity index (χ0v) is 15.4. The standard InChI is InChI=1S/C19H27N3O4/c1-19(14-8-10-20-11-9-14)17(23)22(18(24)21-19)12-5-13-26-16-7-4-3-6-15(16)25-2/h3-4,6-7,14,20H,5,8-13H2,1-2H3,(H,21,24). The average molecular weight is 361 g/mol. The number of piperidine rings is 1. The summed E-state index contributed by atoms with van der Waals surface area (Å²) in [5.74, 6) is 1.38. The molecule has 0 saturated carbocycles. The number of hydrogen-bond acceptors (Lipinski definition) is 5. The molecular formula is C19H27N3O4. The summed E-state index contributed by atoms with van der Waals surface area (Å²) in [7, 11) is 1.59. The van der Waals surface area contributed by atoms with Gasteiger partial charge in [-0.05, 0) is 57.3 Å². The predicted octanol–water partition coefficient (Wildman–Crippen LogP) is 1.77. The summed E-state index contributed by atoms with van der Waals surface area (Å²) < 4.78 is 11.0. The summed E-state index contributed by atoms with van der Waals surface area (Å²) in [5, 5.41) is 6.22. The highest BCUT2D eigenvalue weighted by molar-refractivity contribution is 6.07. The highest BCUT2D eigenvalue weighted by atomic mass is 16.5. The number of rotatable bonds is 7. The smallest absolute Gasteiger partial charge is 0.325 e. The van der Waals surface area contributed by atoms with E-state index in [0.717, 1.165) is 25.9 Å². The lowest BCUT2D eigenvalue weighted by atomic mass is 9.79. The van der Waals surface area contributed by atoms with Gasteiger partial charge in [0.1, 0.15) is 5.54 Å². The molecule has 0 aliphatic carbocycles. The molecule has 2 aliphatic heterocycles. The van der Waals surface area contributed by atoms with Crippen LogP contribution < -0.4 is 20.1 Å². The number of para-hydroxylation sites is 2. The van der Waals surface area contributed by atoms with Gasteiger partial charge in [-0.25, -0.2) is 4.79 Å². The Balaban J connectivity index is 1.53. The third-order valence-corrected chi connectivity index (χ3v) is 5.31. The van der Waals surface area contributed by atoms with E-state index in [9.17, 15) is 9.59 Å². The Hall–Kier alpha value is -2.28. The first-order valence-corrected chi connectivity index (χ1v) is 9.17. The number of nitrogens with one attached hydrogen (secondary N) is 2. The summed E-state index contributed by atoms with van der Waals surface area (Å²) in [6, 6.07) is 7.12. The monoisotopic (exact) mass is 361 g/mol. The minimum Gasteiger partial charge on any atom is -0.493 e. The molecule has 3 rings (SSSR count). The molecule has 0 radical (unpaired) electrons. The number of hydrogen-bond donors (Lipinski definition) is 2. The van der Waals surface area contributed by atoms with E-state index in [-0.39, 0.29) is 17.9 Å². The molecule has 142 valence electrons. The lowest BCUT2D eigenvalue weighted by Gasteiger charge is -2.34. The first kappa shape index (κ1) is 18.5. The van der Waals surface area contributed by atoms with E-state index < -0.39 is 5.54 Å². The number of imide groups is 1. The lowest BCUT2D eigenvalue weighted by Crippen LogP contribution is -2.53. The molecule has 3 amide bonds. The Labute approximate surface area is 154 Å². The van der Waals surface area contributed by atoms with Crippen LogP contribution in [-0.2, 0) is 4.79 Å². The van der Waals surface area contributed by atoms with Crippen molar-refractivity contribution < 1.29 is 19.1 Å². The Morgan fingerprint density at radius 2 is 1.88 bits per heavy atom. The predicted molar refractivity (Wildman–Crippen MR) is 97.3 cm³/mol. The zero-order chi connectivity index (χ0) is 18.6. The quantitative estimate of drug-likeness (QED) is 0.572. The normalized spacial score (nSPS) is 23.8. The van der Waals surface area contributed by atoms with Crippen LogP contribution >= 0.6 is 0 Å². The minimum absolute atomic E-state index is 0.119. The molecule has 2 fully saturated rings. The number of benzene rings is 1. The van der Waals surface area contributed by atoms with Gasteiger partial charge in [0.15, 0.2) is 11.5 Å². The first-order valence-electron chi connectivity index (χ1n) is 9.17. The number of urea groups is 1. The van der Waals surface area contributed by atoms with Crippen molar-refractivity contribution in [3.8, 4) is 11.5 Å². The van der Waals surface area contributed by atoms with Crippen molar-refractivity contribution in [1.82, 2.24) is 15.5 Å². The summed E-state index contributed by atoms with van der Waals surface area (Å²) >= 11 is 0. The molecule has 0 bridgehead atoms. The van der Waals surface area contributed by atoms with E-state index in [2.05, 4.69) is 10.6 Å². The van der Waals surface area contributed by atoms with Gasteiger partial charge in [0, 0.05) is 6.54 Å². The SMILES string of the molecule is COc1ccccc1OCCCN1C(=O)NC(C)(C2CCNCC2)C1=O. The maximum Gasteiger partial charge on any atom is 0.325 e. The topological polar surface area (TPSA) is 79.9 Å². The van der Waals surface area contributed by atoms with Crippen LogP contribution in [0.25, 0.3) is 0 Å². The van der Waals surface area contributed by atoms with Crippen molar-refractivity contribution in [1.29, 1.82) is 0 Å². The Morgan fingerprint density at radius 1 is 1.19 bits per heavy atom. The van der Waals surface area contributed by atoms with Gasteiger partial charge in [-0.15, -0.1) is 0 Å². The fourth-order valence-electron chi connectivity index (χ4n) is 3.74. The van der Waals surface area contributed by atoms with Gasteiger partial charge < -0.3 is 20.1 Å². The van der Waals surface area contributed by atoms with Gasteiger partial charge in [0.05, 0.1) is 13.7 Å². The van der Waals surface area contributed by atoms with Gasteiger partial charge in [-0.2, -0.15) is 0 Å². The van der Waals surface area contributed by atoms with Crippen LogP contribution in [0.4, 0.5) is 4.79 Å². The van der Waals surface area contributed by atoms with Crippen molar-refractivity contribution >= 4 is 11.9 Å². The highest BCUT2D eigenvalue weighted by Gasteiger charge is 2.52. The van der Waals surface area contributed by atoms with Gasteiger partial charge in [0.25, 0.3) is 5.91 Å². The molecule has 1 aromatic rings. The van der Waals surface area contributed by atoms with Crippen LogP contribution in [0.2, 0.25) is 0 Å². The summed E-state index contributed by atoms with van der Waals surface area (Å²) in [4.78, 5) is 26.5. The molecule has 26 heavy (non-hydrogen) atoms. The van der Waals surface area contributed by atoms with Gasteiger partial charge in [-0.3, -0.25) is 9.69 Å². The molecule has 2 heterocycles. The molecule has 2 N–H and O–H groups in total. The molecule has 7 nitrogen and oxygen atoms in total. The molecule has 2 aliphatic rings. The van der Waals surface area contributed by atoms with Crippen LogP contribution in [0.15, 0.2) is 24.3 Å². The highest BCUT2D eigenvalue weighted by Crippen LogP contribution is 2.32. The second-order valence-corrected chi connectivity index (χ2v) is 6.97. The Morgan fingerprint density at radius 3 is 2.58 bits per heavy atom. The van der Waals surface area contributed by atoms with Crippen molar-refractivity contribution in [3.05, 3.63) is 24.3 Å². The first-order chi connectivity index (χ1) is 12.6. The van der Waals surface area contributed by atoms with Crippen molar-refractivity contribution in [3.63, 3.8) is 0 Å². The maximum atomic E-state index is 12.9. The van der Waals surface area contributed by atoms with E-state index >= 15 is 0 Å². The van der Waals surface area contributed by atoms with E-state index in [1.807, 2.05) is 31.2 Å². The molecule has 1 aromatic carbocycles. The lowest BCUT2D eigenvalue weighted by molar-refractivity contribution is -0.133. The van der Waals surface area contributed by atoms with Gasteiger partial charge in [0.2, 0.25) is 0 Å². The largest absolute Gasteiger partial charge is 0.493 e. The van der Waals surface area contributed by atoms with Gasteiger partial charge in [-0.1, -0.05) is 12.1 Å². The van der Waals surface area contributed by atoms with E-state index in [4.69, 9.17) is 9.47 Å². The van der Waals surface area contributed by atoms with Crippen molar-refractivity contribution in [2.75, 3.05) is 33.4 Å². The molecule has 2 saturated heterocycles. The van der Waals surface area contributed by atoms with E-state index in [0.29, 0.717) is 31.1 Å². The number of ether oxygens (including phenoxy) is 2. The number of methoxy groups -OCH3 is 1. The van der Waals surface area contributed by atoms with Crippen LogP contribution in [0.1, 0.15) is 26.2 Å². The fourth-order valence-corrected chi connectivity index (χ4v) is 3.74. The van der Waals surface area contributed by atoms with Crippen LogP contribution in [-0.4, -0.2) is 55.7 Å². The molecule has 0 aromatic heterocycles. The van der Waals surface area contributed by atoms with Crippen molar-refractivity contribution in [2.45, 2.75) is 31.7 Å².